The van der Waals surface area contributed by atoms with Crippen LogP contribution in [0.15, 0.2) is 48.5 Å². The summed E-state index contributed by atoms with van der Waals surface area (Å²) in [6, 6.07) is 16.6. The van der Waals surface area contributed by atoms with E-state index in [9.17, 15) is 14.8 Å². The number of β-amino-alcohol motifs (C(OH)–C–C–N with tert-alkyl or cyclic N) is 1. The maximum Gasteiger partial charge on any atom is 0.123 e. The van der Waals surface area contributed by atoms with Crippen LogP contribution in [0.2, 0.25) is 5.02 Å². The van der Waals surface area contributed by atoms with E-state index in [-0.39, 0.29) is 12.4 Å². The number of ether oxygens (including phenoxy) is 1. The molecule has 1 saturated heterocycles. The molecule has 5 nitrogen and oxygen atoms in total. The van der Waals surface area contributed by atoms with Crippen molar-refractivity contribution in [2.75, 3.05) is 39.3 Å². The molecule has 1 aliphatic heterocycles. The van der Waals surface area contributed by atoms with E-state index in [1.54, 1.807) is 12.1 Å². The molecule has 176 valence electrons. The van der Waals surface area contributed by atoms with Gasteiger partial charge in [0.2, 0.25) is 0 Å². The SMILES string of the molecule is N#CC1(c2ccccc2Cl)CCC(N2CCN(CC(O)COc3ccc(F)cc3)CC2)CC1. The van der Waals surface area contributed by atoms with Gasteiger partial charge in [0.05, 0.1) is 11.5 Å². The smallest absolute Gasteiger partial charge is 0.123 e. The summed E-state index contributed by atoms with van der Waals surface area (Å²) in [6.45, 7) is 4.47. The zero-order valence-corrected chi connectivity index (χ0v) is 19.6. The average Bonchev–Trinajstić information content (AvgIpc) is 2.85. The zero-order valence-electron chi connectivity index (χ0n) is 18.8. The van der Waals surface area contributed by atoms with Gasteiger partial charge in [-0.2, -0.15) is 5.26 Å². The molecule has 1 N–H and O–H groups in total. The molecule has 0 spiro atoms. The first-order chi connectivity index (χ1) is 16.0. The molecule has 1 saturated carbocycles. The number of rotatable bonds is 7. The average molecular weight is 472 g/mol. The Morgan fingerprint density at radius 3 is 2.39 bits per heavy atom. The van der Waals surface area contributed by atoms with E-state index in [1.807, 2.05) is 24.3 Å². The Morgan fingerprint density at radius 1 is 1.09 bits per heavy atom. The van der Waals surface area contributed by atoms with Crippen molar-refractivity contribution in [1.29, 1.82) is 5.26 Å². The number of nitriles is 1. The van der Waals surface area contributed by atoms with Gasteiger partial charge in [-0.3, -0.25) is 9.80 Å². The second kappa shape index (κ2) is 10.8. The van der Waals surface area contributed by atoms with Gasteiger partial charge in [0.25, 0.3) is 0 Å². The molecule has 1 heterocycles. The molecule has 0 amide bonds. The van der Waals surface area contributed by atoms with Crippen molar-refractivity contribution in [3.8, 4) is 11.8 Å². The third kappa shape index (κ3) is 5.85. The highest BCUT2D eigenvalue weighted by Crippen LogP contribution is 2.43. The van der Waals surface area contributed by atoms with Crippen molar-refractivity contribution in [1.82, 2.24) is 9.80 Å². The summed E-state index contributed by atoms with van der Waals surface area (Å²) in [5.41, 5.74) is 0.486. The molecule has 33 heavy (non-hydrogen) atoms. The Kier molecular flexibility index (Phi) is 7.87. The molecule has 1 unspecified atom stereocenters. The van der Waals surface area contributed by atoms with Crippen LogP contribution >= 0.6 is 11.6 Å². The van der Waals surface area contributed by atoms with Crippen LogP contribution in [0.4, 0.5) is 4.39 Å². The van der Waals surface area contributed by atoms with Crippen molar-refractivity contribution >= 4 is 11.6 Å². The van der Waals surface area contributed by atoms with E-state index in [0.29, 0.717) is 23.4 Å². The number of piperazine rings is 1. The van der Waals surface area contributed by atoms with Crippen LogP contribution in [0.5, 0.6) is 5.75 Å². The monoisotopic (exact) mass is 471 g/mol. The molecule has 1 atom stereocenters. The summed E-state index contributed by atoms with van der Waals surface area (Å²) in [4.78, 5) is 4.80. The van der Waals surface area contributed by atoms with Gasteiger partial charge in [0.15, 0.2) is 0 Å². The van der Waals surface area contributed by atoms with E-state index in [2.05, 4.69) is 15.9 Å². The van der Waals surface area contributed by atoms with E-state index >= 15 is 0 Å². The first-order valence-corrected chi connectivity index (χ1v) is 12.1. The fourth-order valence-electron chi connectivity index (χ4n) is 5.14. The number of aliphatic hydroxyl groups is 1. The topological polar surface area (TPSA) is 59.7 Å². The number of hydrogen-bond donors (Lipinski definition) is 1. The summed E-state index contributed by atoms with van der Waals surface area (Å²) < 4.78 is 18.5. The lowest BCUT2D eigenvalue weighted by Crippen LogP contribution is -2.53. The molecule has 1 aliphatic carbocycles. The molecular weight excluding hydrogens is 441 g/mol. The van der Waals surface area contributed by atoms with Gasteiger partial charge in [-0.25, -0.2) is 4.39 Å². The molecule has 0 bridgehead atoms. The lowest BCUT2D eigenvalue weighted by Gasteiger charge is -2.44. The van der Waals surface area contributed by atoms with E-state index in [4.69, 9.17) is 16.3 Å². The highest BCUT2D eigenvalue weighted by Gasteiger charge is 2.40. The largest absolute Gasteiger partial charge is 0.491 e. The molecule has 2 fully saturated rings. The van der Waals surface area contributed by atoms with Crippen molar-refractivity contribution in [3.63, 3.8) is 0 Å². The first-order valence-electron chi connectivity index (χ1n) is 11.7. The third-order valence-corrected chi connectivity index (χ3v) is 7.39. The minimum absolute atomic E-state index is 0.187. The van der Waals surface area contributed by atoms with Gasteiger partial charge in [-0.15, -0.1) is 0 Å². The van der Waals surface area contributed by atoms with E-state index in [1.165, 1.54) is 12.1 Å². The number of benzene rings is 2. The standard InChI is InChI=1S/C26H31ClFN3O2/c27-25-4-2-1-3-24(25)26(19-29)11-9-21(10-12-26)31-15-13-30(14-16-31)17-22(32)18-33-23-7-5-20(28)6-8-23/h1-8,21-22,32H,9-18H2. The molecule has 2 aliphatic rings. The molecule has 7 heteroatoms. The number of hydrogen-bond acceptors (Lipinski definition) is 5. The maximum atomic E-state index is 13.0. The molecule has 0 radical (unpaired) electrons. The van der Waals surface area contributed by atoms with Crippen LogP contribution in [0.25, 0.3) is 0 Å². The molecule has 2 aromatic carbocycles. The molecule has 0 aromatic heterocycles. The van der Waals surface area contributed by atoms with E-state index < -0.39 is 11.5 Å². The first kappa shape index (κ1) is 24.0. The second-order valence-electron chi connectivity index (χ2n) is 9.16. The third-order valence-electron chi connectivity index (χ3n) is 7.06. The van der Waals surface area contributed by atoms with Gasteiger partial charge >= 0.3 is 0 Å². The van der Waals surface area contributed by atoms with Crippen molar-refractivity contribution < 1.29 is 14.2 Å². The summed E-state index contributed by atoms with van der Waals surface area (Å²) in [6.07, 6.45) is 3.05. The minimum atomic E-state index is -0.594. The summed E-state index contributed by atoms with van der Waals surface area (Å²) in [5.74, 6) is 0.253. The van der Waals surface area contributed by atoms with Gasteiger partial charge < -0.3 is 9.84 Å². The van der Waals surface area contributed by atoms with Gasteiger partial charge in [0.1, 0.15) is 24.3 Å². The van der Waals surface area contributed by atoms with Crippen LogP contribution in [0, 0.1) is 17.1 Å². The Hall–Kier alpha value is -2.17. The predicted octanol–water partition coefficient (Wildman–Crippen LogP) is 4.24. The Labute approximate surface area is 200 Å². The Bertz CT molecular complexity index is 949. The minimum Gasteiger partial charge on any atom is -0.491 e. The number of halogens is 2. The normalized spacial score (nSPS) is 25.3. The summed E-state index contributed by atoms with van der Waals surface area (Å²) >= 11 is 6.42. The van der Waals surface area contributed by atoms with Gasteiger partial charge in [-0.1, -0.05) is 29.8 Å². The van der Waals surface area contributed by atoms with Gasteiger partial charge in [-0.05, 0) is 61.6 Å². The van der Waals surface area contributed by atoms with Gasteiger partial charge in [0, 0.05) is 43.8 Å². The molecular formula is C26H31ClFN3O2. The summed E-state index contributed by atoms with van der Waals surface area (Å²) in [7, 11) is 0. The Morgan fingerprint density at radius 2 is 1.76 bits per heavy atom. The van der Waals surface area contributed by atoms with Crippen LogP contribution in [-0.2, 0) is 5.41 Å². The summed E-state index contributed by atoms with van der Waals surface area (Å²) in [5, 5.41) is 21.0. The van der Waals surface area contributed by atoms with Crippen LogP contribution in [0.1, 0.15) is 31.2 Å². The quantitative estimate of drug-likeness (QED) is 0.654. The molecule has 4 rings (SSSR count). The van der Waals surface area contributed by atoms with Crippen LogP contribution < -0.4 is 4.74 Å². The van der Waals surface area contributed by atoms with Crippen molar-refractivity contribution in [3.05, 3.63) is 64.9 Å². The lowest BCUT2D eigenvalue weighted by molar-refractivity contribution is 0.0286. The fraction of sp³-hybridized carbons (Fsp3) is 0.500. The maximum absolute atomic E-state index is 13.0. The Balaban J connectivity index is 1.21. The number of aliphatic hydroxyl groups excluding tert-OH is 1. The van der Waals surface area contributed by atoms with Crippen molar-refractivity contribution in [2.45, 2.75) is 43.2 Å². The van der Waals surface area contributed by atoms with Crippen LogP contribution in [-0.4, -0.2) is 66.4 Å². The fourth-order valence-corrected chi connectivity index (χ4v) is 5.45. The predicted molar refractivity (Wildman–Crippen MR) is 127 cm³/mol. The highest BCUT2D eigenvalue weighted by atomic mass is 35.5. The second-order valence-corrected chi connectivity index (χ2v) is 9.57. The number of nitrogens with zero attached hydrogens (tertiary/aromatic N) is 3. The van der Waals surface area contributed by atoms with Crippen molar-refractivity contribution in [2.24, 2.45) is 0 Å². The highest BCUT2D eigenvalue weighted by molar-refractivity contribution is 6.31. The lowest BCUT2D eigenvalue weighted by atomic mass is 9.69. The van der Waals surface area contributed by atoms with Crippen LogP contribution in [0.3, 0.4) is 0 Å². The zero-order chi connectivity index (χ0) is 23.3. The van der Waals surface area contributed by atoms with E-state index in [0.717, 1.165) is 57.4 Å². The molecule has 2 aromatic rings.